The van der Waals surface area contributed by atoms with Crippen LogP contribution in [0.25, 0.3) is 0 Å². The minimum Gasteiger partial charge on any atom is -0.508 e. The van der Waals surface area contributed by atoms with Crippen LogP contribution in [0.1, 0.15) is 68.2 Å². The number of imide groups is 1. The van der Waals surface area contributed by atoms with E-state index in [0.29, 0.717) is 36.6 Å². The van der Waals surface area contributed by atoms with E-state index in [1.807, 2.05) is 18.2 Å². The van der Waals surface area contributed by atoms with Crippen LogP contribution in [-0.2, 0) is 36.9 Å². The van der Waals surface area contributed by atoms with Crippen LogP contribution >= 0.6 is 0 Å². The molecular weight excluding hydrogens is 570 g/mol. The molecule has 1 saturated heterocycles. The number of nitrogens with zero attached hydrogens (tertiary/aromatic N) is 2. The number of aliphatic hydroxyl groups is 1. The zero-order valence-electron chi connectivity index (χ0n) is 25.2. The Morgan fingerprint density at radius 3 is 2.50 bits per heavy atom. The van der Waals surface area contributed by atoms with Crippen molar-refractivity contribution in [2.45, 2.75) is 64.6 Å². The van der Waals surface area contributed by atoms with E-state index < -0.39 is 36.5 Å². The van der Waals surface area contributed by atoms with E-state index in [-0.39, 0.29) is 18.9 Å². The van der Waals surface area contributed by atoms with Crippen LogP contribution in [0, 0.1) is 0 Å². The zero-order valence-corrected chi connectivity index (χ0v) is 25.2. The number of anilines is 1. The number of phenols is 1. The number of benzene rings is 2. The topological polar surface area (TPSA) is 166 Å². The van der Waals surface area contributed by atoms with Crippen molar-refractivity contribution >= 4 is 29.6 Å². The first-order valence-electron chi connectivity index (χ1n) is 15.0. The molecule has 4 N–H and O–H groups in total. The van der Waals surface area contributed by atoms with Crippen LogP contribution in [0.2, 0.25) is 0 Å². The van der Waals surface area contributed by atoms with Gasteiger partial charge in [0.05, 0.1) is 6.10 Å². The number of carbonyl (C=O) groups is 4. The Hall–Kier alpha value is -4.00. The average Bonchev–Trinajstić information content (AvgIpc) is 3.27. The van der Waals surface area contributed by atoms with E-state index in [1.165, 1.54) is 17.9 Å². The van der Waals surface area contributed by atoms with Gasteiger partial charge in [-0.3, -0.25) is 24.2 Å². The summed E-state index contributed by atoms with van der Waals surface area (Å²) in [5, 5.41) is 32.5. The van der Waals surface area contributed by atoms with Gasteiger partial charge in [0.1, 0.15) is 25.4 Å². The molecule has 1 atom stereocenters. The Balaban J connectivity index is 1.20. The second-order valence-corrected chi connectivity index (χ2v) is 10.8. The molecule has 2 aromatic carbocycles. The molecule has 0 aliphatic carbocycles. The molecule has 1 aliphatic rings. The number of urea groups is 1. The summed E-state index contributed by atoms with van der Waals surface area (Å²) in [7, 11) is 0. The van der Waals surface area contributed by atoms with Gasteiger partial charge >= 0.3 is 18.0 Å². The molecule has 1 aliphatic heterocycles. The molecule has 1 heterocycles. The number of unbranched alkanes of at least 4 members (excludes halogenated alkanes) is 4. The summed E-state index contributed by atoms with van der Waals surface area (Å²) in [6.07, 6.45) is 5.94. The van der Waals surface area contributed by atoms with Crippen molar-refractivity contribution in [2.24, 2.45) is 0 Å². The van der Waals surface area contributed by atoms with Crippen LogP contribution in [0.3, 0.4) is 0 Å². The van der Waals surface area contributed by atoms with Gasteiger partial charge in [0.25, 0.3) is 5.91 Å². The van der Waals surface area contributed by atoms with Gasteiger partial charge in [0.2, 0.25) is 0 Å². The number of hydrogen-bond donors (Lipinski definition) is 4. The number of aliphatic carboxylic acids is 1. The second kappa shape index (κ2) is 18.0. The van der Waals surface area contributed by atoms with Gasteiger partial charge in [-0.2, -0.15) is 0 Å². The number of aryl methyl sites for hydroxylation is 1. The molecule has 0 spiro atoms. The predicted octanol–water partition coefficient (Wildman–Crippen LogP) is 3.53. The molecule has 240 valence electrons. The Bertz CT molecular complexity index is 1270. The van der Waals surface area contributed by atoms with Gasteiger partial charge in [0.15, 0.2) is 0 Å². The number of ether oxygens (including phenoxy) is 2. The second-order valence-electron chi connectivity index (χ2n) is 10.8. The molecule has 44 heavy (non-hydrogen) atoms. The molecule has 1 fully saturated rings. The van der Waals surface area contributed by atoms with E-state index in [4.69, 9.17) is 14.6 Å². The SMILES string of the molecule is CC(=O)OCc1cc([C@@H](O)CNCCCCCCOCCCCc2cccc(N3CC(=O)N(CC(=O)O)C3=O)c2)ccc1O. The molecule has 3 rings (SSSR count). The number of carboxylic acids is 1. The third-order valence-corrected chi connectivity index (χ3v) is 7.23. The molecule has 3 amide bonds. The quantitative estimate of drug-likeness (QED) is 0.0986. The number of rotatable bonds is 20. The number of esters is 1. The van der Waals surface area contributed by atoms with Crippen LogP contribution in [0.15, 0.2) is 42.5 Å². The number of aliphatic hydroxyl groups excluding tert-OH is 1. The van der Waals surface area contributed by atoms with Crippen molar-refractivity contribution in [3.05, 3.63) is 59.2 Å². The highest BCUT2D eigenvalue weighted by molar-refractivity contribution is 6.13. The van der Waals surface area contributed by atoms with Gasteiger partial charge in [-0.25, -0.2) is 4.79 Å². The lowest BCUT2D eigenvalue weighted by Gasteiger charge is -2.17. The zero-order chi connectivity index (χ0) is 31.9. The fourth-order valence-electron chi connectivity index (χ4n) is 4.82. The van der Waals surface area contributed by atoms with E-state index in [1.54, 1.807) is 18.2 Å². The van der Waals surface area contributed by atoms with E-state index in [9.17, 15) is 29.4 Å². The lowest BCUT2D eigenvalue weighted by molar-refractivity contribution is -0.142. The highest BCUT2D eigenvalue weighted by Crippen LogP contribution is 2.24. The van der Waals surface area contributed by atoms with E-state index >= 15 is 0 Å². The number of aromatic hydroxyl groups is 1. The number of carboxylic acid groups (broad SMARTS) is 1. The largest absolute Gasteiger partial charge is 0.508 e. The van der Waals surface area contributed by atoms with Crippen molar-refractivity contribution in [1.82, 2.24) is 10.2 Å². The molecule has 0 bridgehead atoms. The first-order valence-corrected chi connectivity index (χ1v) is 15.0. The first kappa shape index (κ1) is 34.5. The highest BCUT2D eigenvalue weighted by Gasteiger charge is 2.38. The number of hydrogen-bond acceptors (Lipinski definition) is 9. The van der Waals surface area contributed by atoms with Crippen LogP contribution in [0.4, 0.5) is 10.5 Å². The number of phenolic OH excluding ortho intramolecular Hbond substituents is 1. The fraction of sp³-hybridized carbons (Fsp3) is 0.500. The summed E-state index contributed by atoms with van der Waals surface area (Å²) in [6.45, 7) is 3.00. The first-order chi connectivity index (χ1) is 21.2. The van der Waals surface area contributed by atoms with Gasteiger partial charge in [-0.05, 0) is 74.0 Å². The predicted molar refractivity (Wildman–Crippen MR) is 162 cm³/mol. The lowest BCUT2D eigenvalue weighted by atomic mass is 10.1. The van der Waals surface area contributed by atoms with Gasteiger partial charge in [-0.15, -0.1) is 0 Å². The van der Waals surface area contributed by atoms with Crippen LogP contribution < -0.4 is 10.2 Å². The number of nitrogens with one attached hydrogen (secondary N) is 1. The van der Waals surface area contributed by atoms with Gasteiger partial charge in [0, 0.05) is 37.9 Å². The molecule has 12 nitrogen and oxygen atoms in total. The maximum absolute atomic E-state index is 12.5. The minimum absolute atomic E-state index is 0.0212. The molecule has 0 radical (unpaired) electrons. The van der Waals surface area contributed by atoms with Crippen molar-refractivity contribution in [3.8, 4) is 5.75 Å². The Kier molecular flexibility index (Phi) is 14.1. The Morgan fingerprint density at radius 2 is 1.75 bits per heavy atom. The fourth-order valence-corrected chi connectivity index (χ4v) is 4.82. The summed E-state index contributed by atoms with van der Waals surface area (Å²) in [5.41, 5.74) is 2.72. The van der Waals surface area contributed by atoms with Crippen molar-refractivity contribution < 1.29 is 44.0 Å². The van der Waals surface area contributed by atoms with Crippen molar-refractivity contribution in [3.63, 3.8) is 0 Å². The highest BCUT2D eigenvalue weighted by atomic mass is 16.5. The smallest absolute Gasteiger partial charge is 0.332 e. The molecule has 2 aromatic rings. The average molecular weight is 614 g/mol. The van der Waals surface area contributed by atoms with Crippen LogP contribution in [0.5, 0.6) is 5.75 Å². The molecule has 0 aromatic heterocycles. The van der Waals surface area contributed by atoms with E-state index in [0.717, 1.165) is 62.0 Å². The maximum atomic E-state index is 12.5. The van der Waals surface area contributed by atoms with Gasteiger partial charge < -0.3 is 30.1 Å². The standard InChI is InChI=1S/C32H43N3O9/c1-23(36)44-22-26-18-25(12-13-28(26)37)29(38)19-33-14-5-2-3-6-15-43-16-7-4-9-24-10-8-11-27(17-24)34-20-30(39)35(32(34)42)21-31(40)41/h8,10-13,17-18,29,33,37-38H,2-7,9,14-16,19-22H2,1H3,(H,40,41)/t29-/m0/s1. The summed E-state index contributed by atoms with van der Waals surface area (Å²) in [5.74, 6) is -2.16. The number of carbonyl (C=O) groups excluding carboxylic acids is 3. The summed E-state index contributed by atoms with van der Waals surface area (Å²) >= 11 is 0. The molecule has 12 heteroatoms. The monoisotopic (exact) mass is 613 g/mol. The lowest BCUT2D eigenvalue weighted by Crippen LogP contribution is -2.36. The Morgan fingerprint density at radius 1 is 1.00 bits per heavy atom. The third-order valence-electron chi connectivity index (χ3n) is 7.23. The number of amides is 3. The summed E-state index contributed by atoms with van der Waals surface area (Å²) in [6, 6.07) is 11.6. The molecule has 0 unspecified atom stereocenters. The summed E-state index contributed by atoms with van der Waals surface area (Å²) in [4.78, 5) is 48.5. The minimum atomic E-state index is -1.23. The van der Waals surface area contributed by atoms with Crippen LogP contribution in [-0.4, -0.2) is 83.5 Å². The Labute approximate surface area is 257 Å². The normalized spacial score (nSPS) is 13.9. The van der Waals surface area contributed by atoms with E-state index in [2.05, 4.69) is 5.32 Å². The van der Waals surface area contributed by atoms with Crippen molar-refractivity contribution in [2.75, 3.05) is 44.3 Å². The maximum Gasteiger partial charge on any atom is 0.332 e. The third kappa shape index (κ3) is 11.3. The van der Waals surface area contributed by atoms with Gasteiger partial charge in [-0.1, -0.05) is 31.0 Å². The molecular formula is C32H43N3O9. The van der Waals surface area contributed by atoms with Crippen molar-refractivity contribution in [1.29, 1.82) is 0 Å². The summed E-state index contributed by atoms with van der Waals surface area (Å²) < 4.78 is 10.7. The molecule has 0 saturated carbocycles.